The van der Waals surface area contributed by atoms with Crippen LogP contribution in [0.4, 0.5) is 0 Å². The monoisotopic (exact) mass is 1110 g/mol. The first-order chi connectivity index (χ1) is 38.2. The minimum atomic E-state index is -4.77. The first kappa shape index (κ1) is 74.1. The lowest BCUT2D eigenvalue weighted by Crippen LogP contribution is -2.30. The molecule has 11 nitrogen and oxygen atoms in total. The van der Waals surface area contributed by atoms with Gasteiger partial charge in [-0.3, -0.25) is 23.4 Å². The molecule has 0 spiro atoms. The molecular formula is C66H111O11P. The lowest BCUT2D eigenvalue weighted by molar-refractivity contribution is -0.161. The number of ether oxygens (including phenoxy) is 3. The highest BCUT2D eigenvalue weighted by atomic mass is 31.2. The lowest BCUT2D eigenvalue weighted by Gasteiger charge is -2.21. The Bertz CT molecular complexity index is 1720. The average Bonchev–Trinajstić information content (AvgIpc) is 3.43. The predicted molar refractivity (Wildman–Crippen MR) is 325 cm³/mol. The summed E-state index contributed by atoms with van der Waals surface area (Å²) in [6.07, 6.45) is 71.9. The smallest absolute Gasteiger partial charge is 0.462 e. The van der Waals surface area contributed by atoms with Crippen molar-refractivity contribution in [2.45, 2.75) is 264 Å². The zero-order valence-corrected chi connectivity index (χ0v) is 50.2. The van der Waals surface area contributed by atoms with Crippen molar-refractivity contribution in [3.8, 4) is 0 Å². The van der Waals surface area contributed by atoms with E-state index in [1.54, 1.807) is 0 Å². The number of aliphatic hydroxyl groups is 1. The normalized spacial score (nSPS) is 14.1. The van der Waals surface area contributed by atoms with E-state index in [9.17, 15) is 28.9 Å². The van der Waals surface area contributed by atoms with Gasteiger partial charge in [0.2, 0.25) is 0 Å². The van der Waals surface area contributed by atoms with Gasteiger partial charge in [0, 0.05) is 19.3 Å². The van der Waals surface area contributed by atoms with E-state index < -0.39 is 57.8 Å². The largest absolute Gasteiger partial charge is 0.472 e. The molecule has 12 heteroatoms. The zero-order valence-electron chi connectivity index (χ0n) is 49.3. The maximum absolute atomic E-state index is 12.9. The second-order valence-electron chi connectivity index (χ2n) is 20.1. The minimum Gasteiger partial charge on any atom is -0.462 e. The molecule has 446 valence electrons. The summed E-state index contributed by atoms with van der Waals surface area (Å²) in [5.41, 5.74) is 0. The van der Waals surface area contributed by atoms with Crippen molar-refractivity contribution in [2.75, 3.05) is 26.4 Å². The van der Waals surface area contributed by atoms with E-state index in [0.717, 1.165) is 109 Å². The Morgan fingerprint density at radius 3 is 1.06 bits per heavy atom. The SMILES string of the molecule is CC/C=C\C/C=C\C/C=C\C/C=C\CCCCCCC(=O)OC(CO)COP(=O)(O)OCC(COC(=O)CCCC/C=C\C/C=C\C/C=C\C/C=C\CC)OC(=O)CCCCCCCCCCC/C=C\CCCCCCCC. The van der Waals surface area contributed by atoms with Gasteiger partial charge in [-0.1, -0.05) is 220 Å². The van der Waals surface area contributed by atoms with E-state index in [2.05, 4.69) is 130 Å². The summed E-state index contributed by atoms with van der Waals surface area (Å²) >= 11 is 0. The maximum atomic E-state index is 12.9. The topological polar surface area (TPSA) is 155 Å². The van der Waals surface area contributed by atoms with Crippen LogP contribution in [0.15, 0.2) is 109 Å². The number of allylic oxidation sites excluding steroid dienone is 18. The first-order valence-corrected chi connectivity index (χ1v) is 32.3. The molecule has 3 unspecified atom stereocenters. The number of phosphoric ester groups is 1. The molecule has 0 amide bonds. The third-order valence-corrected chi connectivity index (χ3v) is 13.6. The number of esters is 3. The quantitative estimate of drug-likeness (QED) is 0.0197. The Hall–Kier alpha value is -3.86. The van der Waals surface area contributed by atoms with E-state index in [-0.39, 0.29) is 25.9 Å². The molecule has 0 radical (unpaired) electrons. The van der Waals surface area contributed by atoms with Crippen molar-refractivity contribution in [2.24, 2.45) is 0 Å². The summed E-state index contributed by atoms with van der Waals surface area (Å²) in [5, 5.41) is 9.84. The molecule has 0 aromatic heterocycles. The van der Waals surface area contributed by atoms with Gasteiger partial charge in [0.15, 0.2) is 6.10 Å². The Balaban J connectivity index is 4.78. The number of hydrogen-bond acceptors (Lipinski definition) is 10. The molecule has 78 heavy (non-hydrogen) atoms. The standard InChI is InChI=1S/C66H111O11P/c1-4-7-10-13-16-19-22-25-28-30-31-33-36-39-42-45-48-51-54-57-66(70)77-63(59-73-64(68)55-52-49-46-43-40-37-34-27-24-21-18-15-12-9-6-3)61-75-78(71,72)74-60-62(58-67)76-65(69)56-53-50-47-44-41-38-35-32-29-26-23-20-17-14-11-8-5-2/h8-9,11-12,17-18,20-21,25-29,34-35,38,40,43,62-63,67H,4-7,10,13-16,19,22-24,30-33,36-37,39,41-42,44-61H2,1-3H3,(H,71,72)/b11-8-,12-9-,20-17-,21-18-,28-25-,29-26-,34-27-,38-35-,43-40-. The highest BCUT2D eigenvalue weighted by Gasteiger charge is 2.28. The van der Waals surface area contributed by atoms with E-state index >= 15 is 0 Å². The Morgan fingerprint density at radius 2 is 0.667 bits per heavy atom. The Morgan fingerprint density at radius 1 is 0.372 bits per heavy atom. The van der Waals surface area contributed by atoms with Gasteiger partial charge >= 0.3 is 25.7 Å². The van der Waals surface area contributed by atoms with Crippen molar-refractivity contribution in [3.05, 3.63) is 109 Å². The summed E-state index contributed by atoms with van der Waals surface area (Å²) in [5.74, 6) is -1.54. The van der Waals surface area contributed by atoms with E-state index in [0.29, 0.717) is 19.3 Å². The second-order valence-corrected chi connectivity index (χ2v) is 21.6. The molecule has 0 aromatic carbocycles. The van der Waals surface area contributed by atoms with Crippen LogP contribution in [0.5, 0.6) is 0 Å². The third-order valence-electron chi connectivity index (χ3n) is 12.7. The van der Waals surface area contributed by atoms with Crippen molar-refractivity contribution in [3.63, 3.8) is 0 Å². The first-order valence-electron chi connectivity index (χ1n) is 30.8. The van der Waals surface area contributed by atoms with Gasteiger partial charge in [-0.25, -0.2) is 4.57 Å². The van der Waals surface area contributed by atoms with Crippen LogP contribution in [0, 0.1) is 0 Å². The van der Waals surface area contributed by atoms with Gasteiger partial charge in [-0.15, -0.1) is 0 Å². The molecule has 0 aliphatic heterocycles. The van der Waals surface area contributed by atoms with Crippen LogP contribution in [0.1, 0.15) is 252 Å². The van der Waals surface area contributed by atoms with Crippen LogP contribution in [-0.4, -0.2) is 66.5 Å². The molecular weight excluding hydrogens is 1000 g/mol. The molecule has 0 heterocycles. The fourth-order valence-corrected chi connectivity index (χ4v) is 8.82. The van der Waals surface area contributed by atoms with Gasteiger partial charge in [0.25, 0.3) is 0 Å². The zero-order chi connectivity index (χ0) is 56.9. The molecule has 0 saturated carbocycles. The van der Waals surface area contributed by atoms with Crippen molar-refractivity contribution >= 4 is 25.7 Å². The van der Waals surface area contributed by atoms with Gasteiger partial charge in [0.1, 0.15) is 12.7 Å². The van der Waals surface area contributed by atoms with Gasteiger partial charge in [0.05, 0.1) is 19.8 Å². The van der Waals surface area contributed by atoms with Crippen molar-refractivity contribution < 1.29 is 52.2 Å². The highest BCUT2D eigenvalue weighted by molar-refractivity contribution is 7.47. The van der Waals surface area contributed by atoms with Crippen molar-refractivity contribution in [1.82, 2.24) is 0 Å². The maximum Gasteiger partial charge on any atom is 0.472 e. The van der Waals surface area contributed by atoms with Gasteiger partial charge in [-0.05, 0) is 122 Å². The molecule has 2 N–H and O–H groups in total. The fourth-order valence-electron chi connectivity index (χ4n) is 8.04. The van der Waals surface area contributed by atoms with Crippen LogP contribution in [0.25, 0.3) is 0 Å². The minimum absolute atomic E-state index is 0.142. The number of rotatable bonds is 56. The van der Waals surface area contributed by atoms with Gasteiger partial charge < -0.3 is 24.2 Å². The van der Waals surface area contributed by atoms with Crippen LogP contribution < -0.4 is 0 Å². The van der Waals surface area contributed by atoms with E-state index in [1.165, 1.54) is 83.5 Å². The number of aliphatic hydroxyl groups excluding tert-OH is 1. The molecule has 0 bridgehead atoms. The average molecular weight is 1110 g/mol. The number of unbranched alkanes of at least 4 members (excludes halogenated alkanes) is 21. The summed E-state index contributed by atoms with van der Waals surface area (Å²) in [6.45, 7) is 4.35. The summed E-state index contributed by atoms with van der Waals surface area (Å²) in [4.78, 5) is 48.7. The molecule has 0 aromatic rings. The molecule has 3 atom stereocenters. The van der Waals surface area contributed by atoms with Crippen LogP contribution >= 0.6 is 7.82 Å². The van der Waals surface area contributed by atoms with Crippen LogP contribution in [0.3, 0.4) is 0 Å². The molecule has 0 aliphatic rings. The van der Waals surface area contributed by atoms with E-state index in [4.69, 9.17) is 23.3 Å². The summed E-state index contributed by atoms with van der Waals surface area (Å²) in [7, 11) is -4.77. The second kappa shape index (κ2) is 59.3. The third kappa shape index (κ3) is 56.8. The predicted octanol–water partition coefficient (Wildman–Crippen LogP) is 18.6. The number of carbonyl (C=O) groups excluding carboxylic acids is 3. The van der Waals surface area contributed by atoms with Crippen LogP contribution in [-0.2, 0) is 42.2 Å². The molecule has 0 rings (SSSR count). The number of hydrogen-bond donors (Lipinski definition) is 2. The fraction of sp³-hybridized carbons (Fsp3) is 0.682. The Kier molecular flexibility index (Phi) is 56.3. The summed E-state index contributed by atoms with van der Waals surface area (Å²) in [6, 6.07) is 0. The van der Waals surface area contributed by atoms with E-state index in [1.807, 2.05) is 0 Å². The van der Waals surface area contributed by atoms with Crippen molar-refractivity contribution in [1.29, 1.82) is 0 Å². The molecule has 0 fully saturated rings. The number of phosphoric acid groups is 1. The summed E-state index contributed by atoms with van der Waals surface area (Å²) < 4.78 is 39.6. The molecule has 0 aliphatic carbocycles. The van der Waals surface area contributed by atoms with Gasteiger partial charge in [-0.2, -0.15) is 0 Å². The highest BCUT2D eigenvalue weighted by Crippen LogP contribution is 2.43. The van der Waals surface area contributed by atoms with Crippen LogP contribution in [0.2, 0.25) is 0 Å². The molecule has 0 saturated heterocycles. The Labute approximate surface area is 475 Å². The number of carbonyl (C=O) groups is 3. The lowest BCUT2D eigenvalue weighted by atomic mass is 10.1.